The van der Waals surface area contributed by atoms with Gasteiger partial charge in [-0.1, -0.05) is 17.7 Å². The number of methoxy groups -OCH3 is 1. The van der Waals surface area contributed by atoms with Crippen molar-refractivity contribution in [2.24, 2.45) is 17.8 Å². The molecule has 4 atom stereocenters. The number of phenols is 1. The molecule has 2 fully saturated rings. The monoisotopic (exact) mass is 580 g/mol. The average molecular weight is 581 g/mol. The molecule has 0 aromatic heterocycles. The first-order valence-electron chi connectivity index (χ1n) is 14.7. The second-order valence-corrected chi connectivity index (χ2v) is 11.8. The summed E-state index contributed by atoms with van der Waals surface area (Å²) in [5, 5.41) is 10.3. The summed E-state index contributed by atoms with van der Waals surface area (Å²) in [5.74, 6) is -3.00. The number of fused-ring (bicyclic) bond motifs is 3. The zero-order valence-corrected chi connectivity index (χ0v) is 24.0. The molecule has 220 valence electrons. The lowest BCUT2D eigenvalue weighted by atomic mass is 9.59. The number of amides is 2. The van der Waals surface area contributed by atoms with Crippen LogP contribution in [0.15, 0.2) is 76.9 Å². The Kier molecular flexibility index (Phi) is 6.58. The van der Waals surface area contributed by atoms with E-state index in [1.165, 1.54) is 24.2 Å². The number of imide groups is 1. The Bertz CT molecular complexity index is 1660. The number of hydrogen-bond donors (Lipinski definition) is 1. The molecule has 9 heteroatoms. The van der Waals surface area contributed by atoms with Crippen LogP contribution in [0.3, 0.4) is 0 Å². The third-order valence-electron chi connectivity index (χ3n) is 9.58. The number of aromatic hydroxyl groups is 1. The van der Waals surface area contributed by atoms with Crippen LogP contribution in [0.1, 0.15) is 31.2 Å². The summed E-state index contributed by atoms with van der Waals surface area (Å²) in [6.45, 7) is 4.50. The van der Waals surface area contributed by atoms with E-state index >= 15 is 0 Å². The number of ether oxygens (including phenoxy) is 2. The van der Waals surface area contributed by atoms with Crippen molar-refractivity contribution in [1.82, 2.24) is 0 Å². The van der Waals surface area contributed by atoms with Crippen molar-refractivity contribution in [3.05, 3.63) is 82.5 Å². The van der Waals surface area contributed by atoms with Crippen molar-refractivity contribution in [2.45, 2.75) is 25.7 Å². The van der Waals surface area contributed by atoms with Crippen molar-refractivity contribution in [3.63, 3.8) is 0 Å². The standard InChI is InChI=1S/C34H32N2O7/c1-18-15-27(38)31-25(32(18)39)17-24-22(29(31)19-3-10-26(37)28(16-19)42-2)8-9-23-30(24)34(41)36(33(23)40)21-6-4-20(5-7-21)35-11-13-43-14-12-35/h3-8,10,15-16,23-24,29-30,37H,9,11-14,17H2,1-2H3. The number of benzene rings is 2. The Labute approximate surface area is 249 Å². The third kappa shape index (κ3) is 4.25. The zero-order valence-electron chi connectivity index (χ0n) is 24.0. The lowest BCUT2D eigenvalue weighted by molar-refractivity contribution is -0.123. The van der Waals surface area contributed by atoms with Gasteiger partial charge in [-0.25, -0.2) is 0 Å². The minimum Gasteiger partial charge on any atom is -0.504 e. The van der Waals surface area contributed by atoms with Gasteiger partial charge in [0.15, 0.2) is 23.1 Å². The van der Waals surface area contributed by atoms with Gasteiger partial charge in [-0.2, -0.15) is 0 Å². The summed E-state index contributed by atoms with van der Waals surface area (Å²) < 4.78 is 10.8. The molecule has 43 heavy (non-hydrogen) atoms. The molecule has 7 rings (SSSR count). The molecule has 0 bridgehead atoms. The van der Waals surface area contributed by atoms with Gasteiger partial charge in [-0.05, 0) is 73.7 Å². The first-order valence-corrected chi connectivity index (χ1v) is 14.7. The summed E-state index contributed by atoms with van der Waals surface area (Å²) >= 11 is 0. The van der Waals surface area contributed by atoms with Gasteiger partial charge in [-0.15, -0.1) is 0 Å². The van der Waals surface area contributed by atoms with Crippen molar-refractivity contribution < 1.29 is 33.8 Å². The van der Waals surface area contributed by atoms with E-state index in [4.69, 9.17) is 9.47 Å². The van der Waals surface area contributed by atoms with E-state index in [1.807, 2.05) is 30.3 Å². The lowest BCUT2D eigenvalue weighted by Crippen LogP contribution is -2.39. The van der Waals surface area contributed by atoms with Crippen molar-refractivity contribution >= 4 is 34.8 Å². The molecule has 4 unspecified atom stereocenters. The van der Waals surface area contributed by atoms with Gasteiger partial charge in [0.2, 0.25) is 11.8 Å². The molecule has 2 amide bonds. The van der Waals surface area contributed by atoms with E-state index in [0.717, 1.165) is 24.4 Å². The van der Waals surface area contributed by atoms with Gasteiger partial charge in [0.05, 0.1) is 37.8 Å². The Hall–Kier alpha value is -4.50. The topological polar surface area (TPSA) is 113 Å². The van der Waals surface area contributed by atoms with Crippen molar-refractivity contribution in [1.29, 1.82) is 0 Å². The first kappa shape index (κ1) is 27.3. The highest BCUT2D eigenvalue weighted by molar-refractivity contribution is 6.25. The molecule has 0 spiro atoms. The largest absolute Gasteiger partial charge is 0.504 e. The van der Waals surface area contributed by atoms with Crippen LogP contribution in [0.4, 0.5) is 11.4 Å². The quantitative estimate of drug-likeness (QED) is 0.330. The molecule has 3 aliphatic carbocycles. The summed E-state index contributed by atoms with van der Waals surface area (Å²) in [6.07, 6.45) is 3.94. The van der Waals surface area contributed by atoms with E-state index in [0.29, 0.717) is 47.6 Å². The minimum absolute atomic E-state index is 0.0425. The number of carbonyl (C=O) groups excluding carboxylic acids is 4. The zero-order chi connectivity index (χ0) is 30.0. The Morgan fingerprint density at radius 2 is 1.65 bits per heavy atom. The first-order chi connectivity index (χ1) is 20.8. The SMILES string of the molecule is COc1cc(C2C3=CCC4C(=O)N(c5ccc(N6CCOCC6)cc5)C(=O)C4C3CC3=C2C(=O)C=C(C)C3=O)ccc1O. The molecule has 2 saturated heterocycles. The Morgan fingerprint density at radius 3 is 2.37 bits per heavy atom. The predicted octanol–water partition coefficient (Wildman–Crippen LogP) is 3.87. The molecule has 9 nitrogen and oxygen atoms in total. The molecule has 2 aromatic rings. The second-order valence-electron chi connectivity index (χ2n) is 11.8. The van der Waals surface area contributed by atoms with Crippen LogP contribution < -0.4 is 14.5 Å². The summed E-state index contributed by atoms with van der Waals surface area (Å²) in [6, 6.07) is 12.4. The predicted molar refractivity (Wildman–Crippen MR) is 158 cm³/mol. The van der Waals surface area contributed by atoms with Gasteiger partial charge < -0.3 is 19.5 Å². The van der Waals surface area contributed by atoms with E-state index in [9.17, 15) is 24.3 Å². The minimum atomic E-state index is -0.656. The number of rotatable bonds is 4. The van der Waals surface area contributed by atoms with Gasteiger partial charge >= 0.3 is 0 Å². The molecular weight excluding hydrogens is 548 g/mol. The summed E-state index contributed by atoms with van der Waals surface area (Å²) in [5.41, 5.74) is 4.23. The van der Waals surface area contributed by atoms with E-state index in [-0.39, 0.29) is 41.3 Å². The average Bonchev–Trinajstić information content (AvgIpc) is 3.29. The van der Waals surface area contributed by atoms with E-state index in [2.05, 4.69) is 4.90 Å². The number of carbonyl (C=O) groups is 4. The van der Waals surface area contributed by atoms with Crippen LogP contribution in [0.25, 0.3) is 0 Å². The van der Waals surface area contributed by atoms with Gasteiger partial charge in [0, 0.05) is 41.4 Å². The summed E-state index contributed by atoms with van der Waals surface area (Å²) in [7, 11) is 1.45. The number of phenolic OH excluding ortho intramolecular Hbond substituents is 1. The van der Waals surface area contributed by atoms with Crippen LogP contribution in [-0.2, 0) is 23.9 Å². The number of Topliss-reactive ketones (excluding diaryl/α,β-unsaturated/α-hetero) is 1. The Morgan fingerprint density at radius 1 is 0.930 bits per heavy atom. The lowest BCUT2D eigenvalue weighted by Gasteiger charge is -2.42. The molecule has 1 N–H and O–H groups in total. The number of anilines is 2. The maximum absolute atomic E-state index is 14.2. The molecule has 2 aliphatic heterocycles. The molecule has 5 aliphatic rings. The fourth-order valence-corrected chi connectivity index (χ4v) is 7.52. The van der Waals surface area contributed by atoms with Crippen LogP contribution in [0, 0.1) is 17.8 Å². The van der Waals surface area contributed by atoms with Crippen LogP contribution >= 0.6 is 0 Å². The Balaban J connectivity index is 1.27. The van der Waals surface area contributed by atoms with Gasteiger partial charge in [0.1, 0.15) is 0 Å². The van der Waals surface area contributed by atoms with Crippen LogP contribution in [-0.4, -0.2) is 61.9 Å². The highest BCUT2D eigenvalue weighted by Crippen LogP contribution is 2.55. The molecule has 0 saturated carbocycles. The fourth-order valence-electron chi connectivity index (χ4n) is 7.52. The number of nitrogens with zero attached hydrogens (tertiary/aromatic N) is 2. The molecule has 2 aromatic carbocycles. The fraction of sp³-hybridized carbons (Fsp3) is 0.353. The van der Waals surface area contributed by atoms with E-state index in [1.54, 1.807) is 19.1 Å². The third-order valence-corrected chi connectivity index (χ3v) is 9.58. The van der Waals surface area contributed by atoms with Crippen LogP contribution in [0.5, 0.6) is 11.5 Å². The van der Waals surface area contributed by atoms with Gasteiger partial charge in [0.25, 0.3) is 0 Å². The number of allylic oxidation sites excluding steroid dienone is 6. The van der Waals surface area contributed by atoms with Crippen LogP contribution in [0.2, 0.25) is 0 Å². The smallest absolute Gasteiger partial charge is 0.238 e. The highest BCUT2D eigenvalue weighted by atomic mass is 16.5. The highest BCUT2D eigenvalue weighted by Gasteiger charge is 2.56. The van der Waals surface area contributed by atoms with Crippen molar-refractivity contribution in [3.8, 4) is 11.5 Å². The van der Waals surface area contributed by atoms with Crippen molar-refractivity contribution in [2.75, 3.05) is 43.2 Å². The maximum Gasteiger partial charge on any atom is 0.238 e. The molecule has 0 radical (unpaired) electrons. The number of hydrogen-bond acceptors (Lipinski definition) is 8. The number of ketones is 2. The number of morpholine rings is 1. The van der Waals surface area contributed by atoms with E-state index < -0.39 is 23.7 Å². The molecule has 2 heterocycles. The maximum atomic E-state index is 14.2. The molecular formula is C34H32N2O7. The van der Waals surface area contributed by atoms with Gasteiger partial charge in [-0.3, -0.25) is 24.1 Å². The second kappa shape index (κ2) is 10.3. The summed E-state index contributed by atoms with van der Waals surface area (Å²) in [4.78, 5) is 58.4. The normalized spacial score (nSPS) is 27.0.